The number of hydrogen-bond donors (Lipinski definition) is 0. The first kappa shape index (κ1) is 17.1. The number of rotatable bonds is 6. The van der Waals surface area contributed by atoms with Gasteiger partial charge in [-0.05, 0) is 34.1 Å². The summed E-state index contributed by atoms with van der Waals surface area (Å²) in [5.74, 6) is -0.272. The minimum Gasteiger partial charge on any atom is -0.496 e. The fourth-order valence-corrected chi connectivity index (χ4v) is 2.22. The summed E-state index contributed by atoms with van der Waals surface area (Å²) in [6.07, 6.45) is 0. The van der Waals surface area contributed by atoms with Gasteiger partial charge in [-0.2, -0.15) is 0 Å². The van der Waals surface area contributed by atoms with Crippen LogP contribution >= 0.6 is 15.9 Å². The largest absolute Gasteiger partial charge is 0.496 e. The first-order valence-corrected chi connectivity index (χ1v) is 7.59. The second kappa shape index (κ2) is 7.82. The van der Waals surface area contributed by atoms with Crippen LogP contribution in [-0.2, 0) is 16.1 Å². The number of likely N-dealkylation sites (N-methyl/N-ethyl adjacent to an activating group) is 1. The Balaban J connectivity index is 1.89. The Bertz CT molecular complexity index is 697. The number of ether oxygens (including phenoxy) is 2. The summed E-state index contributed by atoms with van der Waals surface area (Å²) < 4.78 is 15.7. The number of furan rings is 1. The lowest BCUT2D eigenvalue weighted by molar-refractivity contribution is -0.133. The van der Waals surface area contributed by atoms with Crippen molar-refractivity contribution < 1.29 is 23.5 Å². The molecule has 1 heterocycles. The molecular weight excluding hydrogens is 366 g/mol. The first-order chi connectivity index (χ1) is 11.0. The number of para-hydroxylation sites is 1. The lowest BCUT2D eigenvalue weighted by Gasteiger charge is -2.18. The van der Waals surface area contributed by atoms with Crippen LogP contribution in [0.25, 0.3) is 0 Å². The highest BCUT2D eigenvalue weighted by Gasteiger charge is 2.17. The second-order valence-corrected chi connectivity index (χ2v) is 5.52. The fourth-order valence-electron chi connectivity index (χ4n) is 1.91. The molecule has 6 nitrogen and oxygen atoms in total. The third-order valence-electron chi connectivity index (χ3n) is 3.13. The summed E-state index contributed by atoms with van der Waals surface area (Å²) in [5, 5.41) is 0. The van der Waals surface area contributed by atoms with E-state index < -0.39 is 5.97 Å². The van der Waals surface area contributed by atoms with E-state index in [2.05, 4.69) is 15.9 Å². The maximum Gasteiger partial charge on any atom is 0.374 e. The van der Waals surface area contributed by atoms with Gasteiger partial charge in [-0.15, -0.1) is 0 Å². The van der Waals surface area contributed by atoms with E-state index in [1.54, 1.807) is 20.2 Å². The van der Waals surface area contributed by atoms with Gasteiger partial charge in [-0.3, -0.25) is 4.79 Å². The van der Waals surface area contributed by atoms with Crippen LogP contribution in [0.4, 0.5) is 0 Å². The van der Waals surface area contributed by atoms with Crippen LogP contribution in [0.5, 0.6) is 5.75 Å². The Labute approximate surface area is 142 Å². The van der Waals surface area contributed by atoms with Crippen LogP contribution < -0.4 is 4.74 Å². The zero-order chi connectivity index (χ0) is 16.8. The lowest BCUT2D eigenvalue weighted by atomic mass is 10.2. The molecule has 0 radical (unpaired) electrons. The molecule has 2 rings (SSSR count). The molecule has 0 spiro atoms. The second-order valence-electron chi connectivity index (χ2n) is 4.74. The van der Waals surface area contributed by atoms with Gasteiger partial charge in [0.05, 0.1) is 7.11 Å². The number of carbonyl (C=O) groups excluding carboxylic acids is 2. The van der Waals surface area contributed by atoms with E-state index in [4.69, 9.17) is 13.9 Å². The van der Waals surface area contributed by atoms with E-state index >= 15 is 0 Å². The van der Waals surface area contributed by atoms with Crippen LogP contribution in [0, 0.1) is 0 Å². The predicted molar refractivity (Wildman–Crippen MR) is 86.2 cm³/mol. The molecule has 1 amide bonds. The molecule has 0 bridgehead atoms. The highest BCUT2D eigenvalue weighted by atomic mass is 79.9. The summed E-state index contributed by atoms with van der Waals surface area (Å²) in [6, 6.07) is 10.5. The van der Waals surface area contributed by atoms with Crippen LogP contribution in [0.15, 0.2) is 45.5 Å². The van der Waals surface area contributed by atoms with Gasteiger partial charge in [0.1, 0.15) is 5.75 Å². The maximum absolute atomic E-state index is 12.1. The Kier molecular flexibility index (Phi) is 5.81. The van der Waals surface area contributed by atoms with E-state index in [0.29, 0.717) is 17.0 Å². The van der Waals surface area contributed by atoms with Crippen molar-refractivity contribution in [2.75, 3.05) is 20.8 Å². The molecule has 0 fully saturated rings. The van der Waals surface area contributed by atoms with Crippen LogP contribution in [-0.4, -0.2) is 37.5 Å². The van der Waals surface area contributed by atoms with E-state index in [1.807, 2.05) is 24.3 Å². The summed E-state index contributed by atoms with van der Waals surface area (Å²) in [6.45, 7) is -0.00447. The number of carbonyl (C=O) groups is 2. The number of nitrogens with zero attached hydrogens (tertiary/aromatic N) is 1. The van der Waals surface area contributed by atoms with Crippen molar-refractivity contribution in [1.82, 2.24) is 4.90 Å². The van der Waals surface area contributed by atoms with Crippen molar-refractivity contribution in [2.45, 2.75) is 6.54 Å². The van der Waals surface area contributed by atoms with Crippen molar-refractivity contribution in [2.24, 2.45) is 0 Å². The molecule has 0 aliphatic carbocycles. The molecule has 0 aliphatic heterocycles. The number of benzene rings is 1. The summed E-state index contributed by atoms with van der Waals surface area (Å²) >= 11 is 3.09. The van der Waals surface area contributed by atoms with Crippen molar-refractivity contribution in [3.63, 3.8) is 0 Å². The third-order valence-corrected chi connectivity index (χ3v) is 3.55. The molecule has 0 atom stereocenters. The average molecular weight is 382 g/mol. The number of halogens is 1. The quantitative estimate of drug-likeness (QED) is 0.719. The van der Waals surface area contributed by atoms with Crippen LogP contribution in [0.1, 0.15) is 16.1 Å². The molecule has 0 saturated carbocycles. The smallest absolute Gasteiger partial charge is 0.374 e. The molecule has 122 valence electrons. The predicted octanol–water partition coefficient (Wildman–Crippen LogP) is 2.87. The van der Waals surface area contributed by atoms with E-state index in [0.717, 1.165) is 5.56 Å². The molecule has 0 unspecified atom stereocenters. The lowest BCUT2D eigenvalue weighted by Crippen LogP contribution is -2.30. The Morgan fingerprint density at radius 2 is 1.96 bits per heavy atom. The minimum atomic E-state index is -0.685. The molecule has 0 saturated heterocycles. The van der Waals surface area contributed by atoms with E-state index in [9.17, 15) is 9.59 Å². The topological polar surface area (TPSA) is 69.0 Å². The Morgan fingerprint density at radius 3 is 2.61 bits per heavy atom. The van der Waals surface area contributed by atoms with Crippen molar-refractivity contribution in [3.8, 4) is 5.75 Å². The Morgan fingerprint density at radius 1 is 1.22 bits per heavy atom. The molecule has 7 heteroatoms. The van der Waals surface area contributed by atoms with Gasteiger partial charge in [-0.1, -0.05) is 18.2 Å². The molecule has 0 aliphatic rings. The number of methoxy groups -OCH3 is 1. The summed E-state index contributed by atoms with van der Waals surface area (Å²) in [7, 11) is 3.20. The van der Waals surface area contributed by atoms with Crippen molar-refractivity contribution >= 4 is 27.8 Å². The molecule has 2 aromatic rings. The zero-order valence-electron chi connectivity index (χ0n) is 12.7. The monoisotopic (exact) mass is 381 g/mol. The molecule has 1 aromatic heterocycles. The SMILES string of the molecule is COc1ccccc1CN(C)C(=O)COC(=O)c1ccc(Br)o1. The van der Waals surface area contributed by atoms with Crippen LogP contribution in [0.2, 0.25) is 0 Å². The van der Waals surface area contributed by atoms with E-state index in [1.165, 1.54) is 11.0 Å². The van der Waals surface area contributed by atoms with Gasteiger partial charge in [0.15, 0.2) is 11.3 Å². The normalized spacial score (nSPS) is 10.2. The first-order valence-electron chi connectivity index (χ1n) is 6.79. The summed E-state index contributed by atoms with van der Waals surface area (Å²) in [4.78, 5) is 25.2. The summed E-state index contributed by atoms with van der Waals surface area (Å²) in [5.41, 5.74) is 0.868. The van der Waals surface area contributed by atoms with Gasteiger partial charge < -0.3 is 18.8 Å². The van der Waals surface area contributed by atoms with Crippen molar-refractivity contribution in [3.05, 3.63) is 52.4 Å². The number of esters is 1. The van der Waals surface area contributed by atoms with Crippen LogP contribution in [0.3, 0.4) is 0 Å². The number of amides is 1. The molecule has 23 heavy (non-hydrogen) atoms. The third kappa shape index (κ3) is 4.59. The fraction of sp³-hybridized carbons (Fsp3) is 0.250. The Hall–Kier alpha value is -2.28. The van der Waals surface area contributed by atoms with Gasteiger partial charge in [-0.25, -0.2) is 4.79 Å². The van der Waals surface area contributed by atoms with Gasteiger partial charge >= 0.3 is 5.97 Å². The highest BCUT2D eigenvalue weighted by Crippen LogP contribution is 2.19. The molecular formula is C16H16BrNO5. The average Bonchev–Trinajstić information content (AvgIpc) is 2.99. The maximum atomic E-state index is 12.1. The standard InChI is InChI=1S/C16H16BrNO5/c1-18(9-11-5-3-4-6-12(11)21-2)15(19)10-22-16(20)13-7-8-14(17)23-13/h3-8H,9-10H2,1-2H3. The molecule has 0 N–H and O–H groups in total. The van der Waals surface area contributed by atoms with Gasteiger partial charge in [0.25, 0.3) is 5.91 Å². The minimum absolute atomic E-state index is 0.0389. The molecule has 1 aromatic carbocycles. The van der Waals surface area contributed by atoms with Gasteiger partial charge in [0, 0.05) is 19.2 Å². The zero-order valence-corrected chi connectivity index (χ0v) is 14.3. The van der Waals surface area contributed by atoms with Crippen molar-refractivity contribution in [1.29, 1.82) is 0 Å². The van der Waals surface area contributed by atoms with E-state index in [-0.39, 0.29) is 18.3 Å². The van der Waals surface area contributed by atoms with Gasteiger partial charge in [0.2, 0.25) is 5.76 Å². The number of hydrogen-bond acceptors (Lipinski definition) is 5. The highest BCUT2D eigenvalue weighted by molar-refractivity contribution is 9.10.